The molecule has 1 heterocycles. The van der Waals surface area contributed by atoms with E-state index in [1.165, 1.54) is 11.3 Å². The highest BCUT2D eigenvalue weighted by atomic mass is 32.1. The summed E-state index contributed by atoms with van der Waals surface area (Å²) in [5.74, 6) is -1.05. The third-order valence-corrected chi connectivity index (χ3v) is 4.11. The number of aromatic nitrogens is 1. The molecule has 1 amide bonds. The SMILES string of the molecule is O=C(Nc1ccc(C2(C(=O)O)CC2)cc1)c1cscn1. The van der Waals surface area contributed by atoms with Crippen LogP contribution < -0.4 is 5.32 Å². The zero-order valence-corrected chi connectivity index (χ0v) is 11.3. The average Bonchev–Trinajstić information content (AvgIpc) is 3.07. The van der Waals surface area contributed by atoms with E-state index in [9.17, 15) is 14.7 Å². The highest BCUT2D eigenvalue weighted by Crippen LogP contribution is 2.48. The van der Waals surface area contributed by atoms with Gasteiger partial charge in [0, 0.05) is 11.1 Å². The fourth-order valence-electron chi connectivity index (χ4n) is 2.14. The minimum absolute atomic E-state index is 0.265. The fourth-order valence-corrected chi connectivity index (χ4v) is 2.68. The number of hydrogen-bond donors (Lipinski definition) is 2. The Kier molecular flexibility index (Phi) is 3.02. The number of thiazole rings is 1. The molecule has 2 N–H and O–H groups in total. The molecule has 20 heavy (non-hydrogen) atoms. The smallest absolute Gasteiger partial charge is 0.314 e. The van der Waals surface area contributed by atoms with Crippen molar-refractivity contribution in [2.75, 3.05) is 5.32 Å². The predicted octanol–water partition coefficient (Wildman–Crippen LogP) is 2.51. The molecule has 1 saturated carbocycles. The molecule has 0 bridgehead atoms. The number of carbonyl (C=O) groups is 2. The van der Waals surface area contributed by atoms with Crippen LogP contribution in [0, 0.1) is 0 Å². The first kappa shape index (κ1) is 12.8. The van der Waals surface area contributed by atoms with Crippen LogP contribution in [0.2, 0.25) is 0 Å². The quantitative estimate of drug-likeness (QED) is 0.906. The summed E-state index contributed by atoms with van der Waals surface area (Å²) in [5.41, 5.74) is 2.69. The van der Waals surface area contributed by atoms with Gasteiger partial charge < -0.3 is 10.4 Å². The number of nitrogens with zero attached hydrogens (tertiary/aromatic N) is 1. The van der Waals surface area contributed by atoms with Crippen molar-refractivity contribution >= 4 is 28.9 Å². The normalized spacial score (nSPS) is 15.6. The Labute approximate surface area is 119 Å². The number of amides is 1. The average molecular weight is 288 g/mol. The second-order valence-corrected chi connectivity index (χ2v) is 5.51. The lowest BCUT2D eigenvalue weighted by atomic mass is 9.96. The molecule has 1 aliphatic rings. The van der Waals surface area contributed by atoms with Crippen LogP contribution in [0.1, 0.15) is 28.9 Å². The van der Waals surface area contributed by atoms with Gasteiger partial charge in [-0.15, -0.1) is 11.3 Å². The third kappa shape index (κ3) is 2.18. The van der Waals surface area contributed by atoms with Gasteiger partial charge in [0.2, 0.25) is 0 Å². The lowest BCUT2D eigenvalue weighted by molar-refractivity contribution is -0.140. The van der Waals surface area contributed by atoms with Crippen molar-refractivity contribution in [3.8, 4) is 0 Å². The Morgan fingerprint density at radius 3 is 2.45 bits per heavy atom. The van der Waals surface area contributed by atoms with E-state index < -0.39 is 11.4 Å². The van der Waals surface area contributed by atoms with Crippen LogP contribution in [0.4, 0.5) is 5.69 Å². The molecular weight excluding hydrogens is 276 g/mol. The van der Waals surface area contributed by atoms with Gasteiger partial charge in [-0.05, 0) is 30.5 Å². The second-order valence-electron chi connectivity index (χ2n) is 4.79. The van der Waals surface area contributed by atoms with Crippen molar-refractivity contribution in [2.24, 2.45) is 0 Å². The Morgan fingerprint density at radius 1 is 1.25 bits per heavy atom. The second kappa shape index (κ2) is 4.72. The molecule has 0 saturated heterocycles. The lowest BCUT2D eigenvalue weighted by Gasteiger charge is -2.11. The van der Waals surface area contributed by atoms with Gasteiger partial charge in [-0.2, -0.15) is 0 Å². The highest BCUT2D eigenvalue weighted by molar-refractivity contribution is 7.07. The van der Waals surface area contributed by atoms with Crippen LogP contribution in [-0.4, -0.2) is 22.0 Å². The molecule has 5 nitrogen and oxygen atoms in total. The van der Waals surface area contributed by atoms with Crippen molar-refractivity contribution in [3.05, 3.63) is 46.4 Å². The summed E-state index contributed by atoms with van der Waals surface area (Å²) >= 11 is 1.36. The Hall–Kier alpha value is -2.21. The van der Waals surface area contributed by atoms with Gasteiger partial charge in [0.25, 0.3) is 5.91 Å². The highest BCUT2D eigenvalue weighted by Gasteiger charge is 2.51. The molecule has 102 valence electrons. The largest absolute Gasteiger partial charge is 0.481 e. The molecule has 1 aliphatic carbocycles. The fraction of sp³-hybridized carbons (Fsp3) is 0.214. The summed E-state index contributed by atoms with van der Waals surface area (Å²) in [6.07, 6.45) is 1.35. The van der Waals surface area contributed by atoms with Crippen LogP contribution in [-0.2, 0) is 10.2 Å². The maximum Gasteiger partial charge on any atom is 0.314 e. The van der Waals surface area contributed by atoms with Gasteiger partial charge in [0.1, 0.15) is 5.69 Å². The summed E-state index contributed by atoms with van der Waals surface area (Å²) < 4.78 is 0. The first-order valence-corrected chi connectivity index (χ1v) is 7.10. The Bertz CT molecular complexity index is 646. The van der Waals surface area contributed by atoms with Crippen molar-refractivity contribution < 1.29 is 14.7 Å². The molecule has 0 unspecified atom stereocenters. The van der Waals surface area contributed by atoms with Gasteiger partial charge in [-0.25, -0.2) is 4.98 Å². The summed E-state index contributed by atoms with van der Waals surface area (Å²) in [6, 6.07) is 6.97. The summed E-state index contributed by atoms with van der Waals surface area (Å²) in [7, 11) is 0. The molecule has 3 rings (SSSR count). The molecule has 0 atom stereocenters. The zero-order valence-electron chi connectivity index (χ0n) is 10.5. The van der Waals surface area contributed by atoms with Gasteiger partial charge >= 0.3 is 5.97 Å². The van der Waals surface area contributed by atoms with Gasteiger partial charge in [-0.1, -0.05) is 12.1 Å². The molecule has 1 aromatic heterocycles. The van der Waals surface area contributed by atoms with Crippen LogP contribution in [0.15, 0.2) is 35.2 Å². The number of carboxylic acid groups (broad SMARTS) is 1. The number of carboxylic acids is 1. The van der Waals surface area contributed by atoms with E-state index in [-0.39, 0.29) is 5.91 Å². The maximum absolute atomic E-state index is 11.8. The monoisotopic (exact) mass is 288 g/mol. The van der Waals surface area contributed by atoms with Gasteiger partial charge in [0.05, 0.1) is 10.9 Å². The molecule has 1 aromatic carbocycles. The van der Waals surface area contributed by atoms with E-state index in [4.69, 9.17) is 0 Å². The van der Waals surface area contributed by atoms with Crippen molar-refractivity contribution in [3.63, 3.8) is 0 Å². The first-order chi connectivity index (χ1) is 9.62. The number of rotatable bonds is 4. The Morgan fingerprint density at radius 2 is 1.95 bits per heavy atom. The van der Waals surface area contributed by atoms with Crippen LogP contribution in [0.25, 0.3) is 0 Å². The molecule has 0 radical (unpaired) electrons. The molecule has 0 aliphatic heterocycles. The van der Waals surface area contributed by atoms with E-state index in [1.54, 1.807) is 35.2 Å². The lowest BCUT2D eigenvalue weighted by Crippen LogP contribution is -2.19. The molecule has 1 fully saturated rings. The number of aliphatic carboxylic acids is 1. The van der Waals surface area contributed by atoms with Gasteiger partial charge in [-0.3, -0.25) is 9.59 Å². The summed E-state index contributed by atoms with van der Waals surface area (Å²) in [4.78, 5) is 27.0. The molecular formula is C14H12N2O3S. The number of anilines is 1. The number of carbonyl (C=O) groups excluding carboxylic acids is 1. The van der Waals surface area contributed by atoms with Crippen molar-refractivity contribution in [1.29, 1.82) is 0 Å². The minimum Gasteiger partial charge on any atom is -0.481 e. The maximum atomic E-state index is 11.8. The first-order valence-electron chi connectivity index (χ1n) is 6.15. The summed E-state index contributed by atoms with van der Waals surface area (Å²) in [6.45, 7) is 0. The molecule has 2 aromatic rings. The van der Waals surface area contributed by atoms with E-state index >= 15 is 0 Å². The standard InChI is InChI=1S/C14H12N2O3S/c17-12(11-7-20-8-15-11)16-10-3-1-9(2-4-10)14(5-6-14)13(18)19/h1-4,7-8H,5-6H2,(H,16,17)(H,18,19). The van der Waals surface area contributed by atoms with Crippen molar-refractivity contribution in [1.82, 2.24) is 4.98 Å². The topological polar surface area (TPSA) is 79.3 Å². The van der Waals surface area contributed by atoms with E-state index in [1.807, 2.05) is 0 Å². The number of nitrogens with one attached hydrogen (secondary N) is 1. The van der Waals surface area contributed by atoms with Crippen LogP contribution in [0.5, 0.6) is 0 Å². The Balaban J connectivity index is 1.74. The molecule has 0 spiro atoms. The minimum atomic E-state index is -0.781. The predicted molar refractivity (Wildman–Crippen MR) is 75.1 cm³/mol. The van der Waals surface area contributed by atoms with Crippen LogP contribution in [0.3, 0.4) is 0 Å². The number of hydrogen-bond acceptors (Lipinski definition) is 4. The molecule has 6 heteroatoms. The van der Waals surface area contributed by atoms with Crippen molar-refractivity contribution in [2.45, 2.75) is 18.3 Å². The van der Waals surface area contributed by atoms with E-state index in [0.717, 1.165) is 5.56 Å². The zero-order chi connectivity index (χ0) is 14.2. The summed E-state index contributed by atoms with van der Waals surface area (Å²) in [5, 5.41) is 13.6. The van der Waals surface area contributed by atoms with Crippen LogP contribution >= 0.6 is 11.3 Å². The third-order valence-electron chi connectivity index (χ3n) is 3.52. The number of benzene rings is 1. The van der Waals surface area contributed by atoms with E-state index in [2.05, 4.69) is 10.3 Å². The van der Waals surface area contributed by atoms with Gasteiger partial charge in [0.15, 0.2) is 0 Å². The van der Waals surface area contributed by atoms with E-state index in [0.29, 0.717) is 24.2 Å².